The largest absolute Gasteiger partial charge is 0.479 e. The summed E-state index contributed by atoms with van der Waals surface area (Å²) in [6.07, 6.45) is 1.74. The molecule has 3 atom stereocenters. The standard InChI is InChI=1S/C12H20N2O5/c15-9(11(16)17)4-5-13-12(18)14-6-7-19-10-3-1-2-8(10)14/h8-10,15H,1-7H2,(H,13,18)(H,16,17)/t8?,9-,10?/m0/s1. The van der Waals surface area contributed by atoms with Gasteiger partial charge in [0.05, 0.1) is 18.8 Å². The predicted molar refractivity (Wildman–Crippen MR) is 65.7 cm³/mol. The van der Waals surface area contributed by atoms with Crippen molar-refractivity contribution in [3.63, 3.8) is 0 Å². The summed E-state index contributed by atoms with van der Waals surface area (Å²) in [7, 11) is 0. The van der Waals surface area contributed by atoms with Gasteiger partial charge in [-0.3, -0.25) is 0 Å². The van der Waals surface area contributed by atoms with Crippen LogP contribution in [0.15, 0.2) is 0 Å². The normalized spacial score (nSPS) is 27.7. The molecule has 0 radical (unpaired) electrons. The summed E-state index contributed by atoms with van der Waals surface area (Å²) in [5, 5.41) is 20.3. The third-order valence-electron chi connectivity index (χ3n) is 3.72. The lowest BCUT2D eigenvalue weighted by Crippen LogP contribution is -2.54. The van der Waals surface area contributed by atoms with Crippen molar-refractivity contribution in [2.75, 3.05) is 19.7 Å². The molecule has 0 aromatic rings. The van der Waals surface area contributed by atoms with Crippen LogP contribution in [-0.2, 0) is 9.53 Å². The predicted octanol–water partition coefficient (Wildman–Crippen LogP) is -0.215. The molecule has 108 valence electrons. The average molecular weight is 272 g/mol. The molecule has 1 saturated carbocycles. The van der Waals surface area contributed by atoms with Gasteiger partial charge >= 0.3 is 12.0 Å². The van der Waals surface area contributed by atoms with Crippen LogP contribution in [0.25, 0.3) is 0 Å². The maximum atomic E-state index is 12.0. The molecule has 0 bridgehead atoms. The van der Waals surface area contributed by atoms with Crippen LogP contribution in [0, 0.1) is 0 Å². The fraction of sp³-hybridized carbons (Fsp3) is 0.833. The highest BCUT2D eigenvalue weighted by Crippen LogP contribution is 2.29. The quantitative estimate of drug-likeness (QED) is 0.657. The van der Waals surface area contributed by atoms with Gasteiger partial charge in [-0.05, 0) is 19.3 Å². The van der Waals surface area contributed by atoms with Gasteiger partial charge in [0, 0.05) is 19.5 Å². The van der Waals surface area contributed by atoms with Gasteiger partial charge in [-0.25, -0.2) is 9.59 Å². The van der Waals surface area contributed by atoms with E-state index >= 15 is 0 Å². The Hall–Kier alpha value is -1.34. The van der Waals surface area contributed by atoms with Gasteiger partial charge in [-0.2, -0.15) is 0 Å². The summed E-state index contributed by atoms with van der Waals surface area (Å²) in [4.78, 5) is 24.2. The van der Waals surface area contributed by atoms with Gasteiger partial charge in [0.15, 0.2) is 6.10 Å². The van der Waals surface area contributed by atoms with Gasteiger partial charge < -0.3 is 25.2 Å². The Morgan fingerprint density at radius 2 is 2.21 bits per heavy atom. The van der Waals surface area contributed by atoms with Crippen molar-refractivity contribution >= 4 is 12.0 Å². The summed E-state index contributed by atoms with van der Waals surface area (Å²) in [6, 6.07) is -0.0593. The second kappa shape index (κ2) is 6.21. The van der Waals surface area contributed by atoms with E-state index in [-0.39, 0.29) is 31.1 Å². The second-order valence-corrected chi connectivity index (χ2v) is 4.98. The van der Waals surface area contributed by atoms with Gasteiger partial charge in [-0.1, -0.05) is 0 Å². The van der Waals surface area contributed by atoms with Crippen LogP contribution in [-0.4, -0.2) is 65.1 Å². The Bertz CT molecular complexity index is 349. The van der Waals surface area contributed by atoms with Crippen molar-refractivity contribution in [2.45, 2.75) is 43.9 Å². The van der Waals surface area contributed by atoms with E-state index in [9.17, 15) is 9.59 Å². The third kappa shape index (κ3) is 3.36. The number of morpholine rings is 1. The van der Waals surface area contributed by atoms with Crippen LogP contribution in [0.5, 0.6) is 0 Å². The number of hydrogen-bond donors (Lipinski definition) is 3. The van der Waals surface area contributed by atoms with Crippen molar-refractivity contribution in [3.05, 3.63) is 0 Å². The number of aliphatic hydroxyl groups is 1. The maximum absolute atomic E-state index is 12.0. The van der Waals surface area contributed by atoms with E-state index in [1.165, 1.54) is 0 Å². The first kappa shape index (κ1) is 14.1. The minimum absolute atomic E-state index is 0.0134. The molecule has 2 unspecified atom stereocenters. The number of hydrogen-bond acceptors (Lipinski definition) is 4. The van der Waals surface area contributed by atoms with E-state index in [0.717, 1.165) is 19.3 Å². The lowest BCUT2D eigenvalue weighted by atomic mass is 10.1. The van der Waals surface area contributed by atoms with Gasteiger partial charge in [0.1, 0.15) is 0 Å². The number of fused-ring (bicyclic) bond motifs is 1. The smallest absolute Gasteiger partial charge is 0.332 e. The molecule has 3 N–H and O–H groups in total. The number of ether oxygens (including phenoxy) is 1. The van der Waals surface area contributed by atoms with Crippen molar-refractivity contribution in [3.8, 4) is 0 Å². The SMILES string of the molecule is O=C(O)[C@@H](O)CCNC(=O)N1CCOC2CCCC21. The Labute approximate surface area is 111 Å². The summed E-state index contributed by atoms with van der Waals surface area (Å²) >= 11 is 0. The zero-order chi connectivity index (χ0) is 13.8. The molecule has 0 aromatic carbocycles. The van der Waals surface area contributed by atoms with Crippen molar-refractivity contribution in [1.29, 1.82) is 0 Å². The number of urea groups is 1. The molecule has 7 nitrogen and oxygen atoms in total. The maximum Gasteiger partial charge on any atom is 0.332 e. The summed E-state index contributed by atoms with van der Waals surface area (Å²) < 4.78 is 5.62. The summed E-state index contributed by atoms with van der Waals surface area (Å²) in [6.45, 7) is 1.27. The first-order chi connectivity index (χ1) is 9.09. The van der Waals surface area contributed by atoms with Crippen molar-refractivity contribution in [1.82, 2.24) is 10.2 Å². The van der Waals surface area contributed by atoms with Crippen molar-refractivity contribution in [2.24, 2.45) is 0 Å². The van der Waals surface area contributed by atoms with E-state index in [4.69, 9.17) is 14.9 Å². The van der Waals surface area contributed by atoms with E-state index in [1.807, 2.05) is 0 Å². The minimum atomic E-state index is -1.43. The Morgan fingerprint density at radius 1 is 1.42 bits per heavy atom. The number of carbonyl (C=O) groups is 2. The molecule has 1 aliphatic heterocycles. The van der Waals surface area contributed by atoms with Crippen molar-refractivity contribution < 1.29 is 24.5 Å². The van der Waals surface area contributed by atoms with Gasteiger partial charge in [0.2, 0.25) is 0 Å². The van der Waals surface area contributed by atoms with Gasteiger partial charge in [0.25, 0.3) is 0 Å². The molecule has 1 saturated heterocycles. The number of carboxylic acids is 1. The zero-order valence-corrected chi connectivity index (χ0v) is 10.7. The monoisotopic (exact) mass is 272 g/mol. The lowest BCUT2D eigenvalue weighted by Gasteiger charge is -2.37. The molecule has 0 spiro atoms. The Morgan fingerprint density at radius 3 is 2.95 bits per heavy atom. The number of nitrogens with one attached hydrogen (secondary N) is 1. The highest BCUT2D eigenvalue weighted by molar-refractivity contribution is 5.75. The molecule has 0 aromatic heterocycles. The Balaban J connectivity index is 1.77. The molecule has 2 amide bonds. The van der Waals surface area contributed by atoms with E-state index in [2.05, 4.69) is 5.32 Å². The number of rotatable bonds is 4. The number of nitrogens with zero attached hydrogens (tertiary/aromatic N) is 1. The lowest BCUT2D eigenvalue weighted by molar-refractivity contribution is -0.146. The first-order valence-electron chi connectivity index (χ1n) is 6.66. The number of carboxylic acid groups (broad SMARTS) is 1. The van der Waals surface area contributed by atoms with E-state index in [1.54, 1.807) is 4.90 Å². The number of amides is 2. The molecule has 7 heteroatoms. The number of aliphatic carboxylic acids is 1. The fourth-order valence-electron chi connectivity index (χ4n) is 2.72. The molecule has 1 aliphatic carbocycles. The highest BCUT2D eigenvalue weighted by atomic mass is 16.5. The van der Waals surface area contributed by atoms with Gasteiger partial charge in [-0.15, -0.1) is 0 Å². The number of carbonyl (C=O) groups excluding carboxylic acids is 1. The third-order valence-corrected chi connectivity index (χ3v) is 3.72. The minimum Gasteiger partial charge on any atom is -0.479 e. The summed E-state index contributed by atoms with van der Waals surface area (Å²) in [5.74, 6) is -1.27. The van der Waals surface area contributed by atoms with E-state index < -0.39 is 12.1 Å². The van der Waals surface area contributed by atoms with Crippen LogP contribution in [0.4, 0.5) is 4.79 Å². The molecular formula is C12H20N2O5. The van der Waals surface area contributed by atoms with Crippen LogP contribution >= 0.6 is 0 Å². The van der Waals surface area contributed by atoms with Crippen LogP contribution < -0.4 is 5.32 Å². The molecule has 19 heavy (non-hydrogen) atoms. The zero-order valence-electron chi connectivity index (χ0n) is 10.7. The molecular weight excluding hydrogens is 252 g/mol. The van der Waals surface area contributed by atoms with Crippen LogP contribution in [0.2, 0.25) is 0 Å². The first-order valence-corrected chi connectivity index (χ1v) is 6.66. The topological polar surface area (TPSA) is 99.1 Å². The highest BCUT2D eigenvalue weighted by Gasteiger charge is 2.38. The van der Waals surface area contributed by atoms with E-state index in [0.29, 0.717) is 13.2 Å². The fourth-order valence-corrected chi connectivity index (χ4v) is 2.72. The molecule has 2 fully saturated rings. The summed E-state index contributed by atoms with van der Waals surface area (Å²) in [5.41, 5.74) is 0. The molecule has 2 rings (SSSR count). The molecule has 1 heterocycles. The Kier molecular flexibility index (Phi) is 4.60. The average Bonchev–Trinajstić information content (AvgIpc) is 2.86. The molecule has 2 aliphatic rings. The van der Waals surface area contributed by atoms with Crippen LogP contribution in [0.3, 0.4) is 0 Å². The number of aliphatic hydroxyl groups excluding tert-OH is 1. The van der Waals surface area contributed by atoms with Crippen LogP contribution in [0.1, 0.15) is 25.7 Å². The second-order valence-electron chi connectivity index (χ2n) is 4.98.